The van der Waals surface area contributed by atoms with Crippen molar-refractivity contribution in [1.82, 2.24) is 4.90 Å². The van der Waals surface area contributed by atoms with Crippen molar-refractivity contribution in [1.29, 1.82) is 0 Å². The standard InChI is InChI=1S/C13H17BrN2O2S/c1-2-10(13(15)18)16-5-3-8(7-11(16)17)12-9(14)4-6-19-12/h4,6,8,10H,2-3,5,7H2,1H3,(H2,15,18). The van der Waals surface area contributed by atoms with Gasteiger partial charge in [0.2, 0.25) is 11.8 Å². The highest BCUT2D eigenvalue weighted by molar-refractivity contribution is 9.10. The largest absolute Gasteiger partial charge is 0.368 e. The van der Waals surface area contributed by atoms with Crippen LogP contribution < -0.4 is 5.73 Å². The lowest BCUT2D eigenvalue weighted by Crippen LogP contribution is -2.50. The second-order valence-electron chi connectivity index (χ2n) is 4.74. The number of primary amides is 1. The Balaban J connectivity index is 2.08. The van der Waals surface area contributed by atoms with Gasteiger partial charge < -0.3 is 10.6 Å². The van der Waals surface area contributed by atoms with Gasteiger partial charge in [-0.05, 0) is 40.2 Å². The molecule has 4 nitrogen and oxygen atoms in total. The minimum Gasteiger partial charge on any atom is -0.368 e. The SMILES string of the molecule is CCC(C(N)=O)N1CCC(c2sccc2Br)CC1=O. The number of hydrogen-bond donors (Lipinski definition) is 1. The second-order valence-corrected chi connectivity index (χ2v) is 6.54. The third kappa shape index (κ3) is 3.00. The number of nitrogens with zero attached hydrogens (tertiary/aromatic N) is 1. The minimum atomic E-state index is -0.458. The number of likely N-dealkylation sites (tertiary alicyclic amines) is 1. The molecule has 104 valence electrons. The molecule has 1 aromatic rings. The van der Waals surface area contributed by atoms with Crippen LogP contribution in [-0.2, 0) is 9.59 Å². The highest BCUT2D eigenvalue weighted by Crippen LogP contribution is 2.37. The average Bonchev–Trinajstić information content (AvgIpc) is 2.78. The van der Waals surface area contributed by atoms with Crippen LogP contribution in [0, 0.1) is 0 Å². The molecule has 1 aliphatic heterocycles. The van der Waals surface area contributed by atoms with Crippen molar-refractivity contribution in [3.63, 3.8) is 0 Å². The van der Waals surface area contributed by atoms with E-state index in [4.69, 9.17) is 5.73 Å². The quantitative estimate of drug-likeness (QED) is 0.911. The zero-order chi connectivity index (χ0) is 14.0. The highest BCUT2D eigenvalue weighted by atomic mass is 79.9. The third-order valence-electron chi connectivity index (χ3n) is 3.57. The monoisotopic (exact) mass is 344 g/mol. The average molecular weight is 345 g/mol. The molecule has 2 atom stereocenters. The fraction of sp³-hybridized carbons (Fsp3) is 0.538. The molecule has 0 bridgehead atoms. The molecule has 2 heterocycles. The Morgan fingerprint density at radius 1 is 1.68 bits per heavy atom. The summed E-state index contributed by atoms with van der Waals surface area (Å²) >= 11 is 5.18. The van der Waals surface area contributed by atoms with E-state index in [0.29, 0.717) is 19.4 Å². The van der Waals surface area contributed by atoms with Gasteiger partial charge >= 0.3 is 0 Å². The molecular formula is C13H17BrN2O2S. The van der Waals surface area contributed by atoms with Crippen molar-refractivity contribution in [2.75, 3.05) is 6.54 Å². The topological polar surface area (TPSA) is 63.4 Å². The van der Waals surface area contributed by atoms with E-state index in [9.17, 15) is 9.59 Å². The molecule has 1 aromatic heterocycles. The Hall–Kier alpha value is -0.880. The Bertz CT molecular complexity index is 489. The number of halogens is 1. The van der Waals surface area contributed by atoms with E-state index in [-0.39, 0.29) is 11.8 Å². The number of carbonyl (C=O) groups excluding carboxylic acids is 2. The maximum atomic E-state index is 12.2. The summed E-state index contributed by atoms with van der Waals surface area (Å²) in [7, 11) is 0. The predicted molar refractivity (Wildman–Crippen MR) is 79.0 cm³/mol. The molecule has 2 N–H and O–H groups in total. The first-order chi connectivity index (χ1) is 9.04. The summed E-state index contributed by atoms with van der Waals surface area (Å²) < 4.78 is 1.07. The maximum Gasteiger partial charge on any atom is 0.240 e. The number of nitrogens with two attached hydrogens (primary N) is 1. The van der Waals surface area contributed by atoms with Crippen LogP contribution in [-0.4, -0.2) is 29.3 Å². The van der Waals surface area contributed by atoms with Gasteiger partial charge in [-0.1, -0.05) is 6.92 Å². The van der Waals surface area contributed by atoms with Crippen LogP contribution in [0.5, 0.6) is 0 Å². The summed E-state index contributed by atoms with van der Waals surface area (Å²) in [5.41, 5.74) is 5.36. The molecule has 2 unspecified atom stereocenters. The van der Waals surface area contributed by atoms with Gasteiger partial charge in [0, 0.05) is 28.2 Å². The molecule has 0 radical (unpaired) electrons. The van der Waals surface area contributed by atoms with Gasteiger partial charge in [-0.2, -0.15) is 0 Å². The van der Waals surface area contributed by atoms with Gasteiger partial charge in [0.15, 0.2) is 0 Å². The zero-order valence-corrected chi connectivity index (χ0v) is 13.2. The normalized spacial score (nSPS) is 21.5. The van der Waals surface area contributed by atoms with E-state index in [2.05, 4.69) is 15.9 Å². The molecular weight excluding hydrogens is 328 g/mol. The van der Waals surface area contributed by atoms with Crippen LogP contribution >= 0.6 is 27.3 Å². The molecule has 19 heavy (non-hydrogen) atoms. The molecule has 1 saturated heterocycles. The van der Waals surface area contributed by atoms with E-state index < -0.39 is 11.9 Å². The van der Waals surface area contributed by atoms with Gasteiger partial charge in [0.1, 0.15) is 6.04 Å². The van der Waals surface area contributed by atoms with E-state index >= 15 is 0 Å². The molecule has 0 spiro atoms. The Labute approximate surface area is 125 Å². The van der Waals surface area contributed by atoms with Gasteiger partial charge in [-0.25, -0.2) is 0 Å². The Morgan fingerprint density at radius 3 is 2.89 bits per heavy atom. The van der Waals surface area contributed by atoms with Gasteiger partial charge in [-0.3, -0.25) is 9.59 Å². The fourth-order valence-electron chi connectivity index (χ4n) is 2.58. The minimum absolute atomic E-state index is 0.0298. The van der Waals surface area contributed by atoms with E-state index in [1.165, 1.54) is 4.88 Å². The van der Waals surface area contributed by atoms with E-state index in [1.807, 2.05) is 18.4 Å². The van der Waals surface area contributed by atoms with Crippen molar-refractivity contribution < 1.29 is 9.59 Å². The van der Waals surface area contributed by atoms with Crippen LogP contribution in [0.2, 0.25) is 0 Å². The van der Waals surface area contributed by atoms with Gasteiger partial charge in [-0.15, -0.1) is 11.3 Å². The van der Waals surface area contributed by atoms with Crippen LogP contribution in [0.4, 0.5) is 0 Å². The summed E-state index contributed by atoms with van der Waals surface area (Å²) in [6, 6.07) is 1.55. The van der Waals surface area contributed by atoms with Crippen LogP contribution in [0.3, 0.4) is 0 Å². The van der Waals surface area contributed by atoms with Crippen molar-refractivity contribution >= 4 is 39.1 Å². The summed E-state index contributed by atoms with van der Waals surface area (Å²) in [6.07, 6.45) is 1.92. The predicted octanol–water partition coefficient (Wildman–Crippen LogP) is 2.48. The number of amides is 2. The number of thiophene rings is 1. The lowest BCUT2D eigenvalue weighted by Gasteiger charge is -2.35. The first-order valence-corrected chi connectivity index (χ1v) is 8.03. The number of piperidine rings is 1. The molecule has 1 fully saturated rings. The smallest absolute Gasteiger partial charge is 0.240 e. The summed E-state index contributed by atoms with van der Waals surface area (Å²) in [4.78, 5) is 26.4. The summed E-state index contributed by atoms with van der Waals surface area (Å²) in [5.74, 6) is -0.127. The van der Waals surface area contributed by atoms with E-state index in [1.54, 1.807) is 16.2 Å². The first kappa shape index (κ1) is 14.5. The molecule has 2 rings (SSSR count). The number of rotatable bonds is 4. The summed E-state index contributed by atoms with van der Waals surface area (Å²) in [6.45, 7) is 2.49. The van der Waals surface area contributed by atoms with Crippen LogP contribution in [0.1, 0.15) is 37.0 Å². The van der Waals surface area contributed by atoms with Crippen LogP contribution in [0.15, 0.2) is 15.9 Å². The molecule has 6 heteroatoms. The molecule has 2 amide bonds. The summed E-state index contributed by atoms with van der Waals surface area (Å²) in [5, 5.41) is 2.02. The lowest BCUT2D eigenvalue weighted by molar-refractivity contribution is -0.142. The van der Waals surface area contributed by atoms with E-state index in [0.717, 1.165) is 10.9 Å². The van der Waals surface area contributed by atoms with Crippen molar-refractivity contribution in [2.45, 2.75) is 38.1 Å². The van der Waals surface area contributed by atoms with Crippen molar-refractivity contribution in [2.24, 2.45) is 5.73 Å². The number of hydrogen-bond acceptors (Lipinski definition) is 3. The molecule has 0 saturated carbocycles. The lowest BCUT2D eigenvalue weighted by atomic mass is 9.93. The van der Waals surface area contributed by atoms with Gasteiger partial charge in [0.05, 0.1) is 0 Å². The number of carbonyl (C=O) groups is 2. The van der Waals surface area contributed by atoms with Crippen molar-refractivity contribution in [3.05, 3.63) is 20.8 Å². The maximum absolute atomic E-state index is 12.2. The molecule has 1 aliphatic rings. The highest BCUT2D eigenvalue weighted by Gasteiger charge is 2.33. The fourth-order valence-corrected chi connectivity index (χ4v) is 4.41. The second kappa shape index (κ2) is 6.05. The van der Waals surface area contributed by atoms with Gasteiger partial charge in [0.25, 0.3) is 0 Å². The third-order valence-corrected chi connectivity index (χ3v) is 5.60. The molecule has 0 aliphatic carbocycles. The Kier molecular flexibility index (Phi) is 4.62. The van der Waals surface area contributed by atoms with Crippen LogP contribution in [0.25, 0.3) is 0 Å². The first-order valence-electron chi connectivity index (χ1n) is 6.36. The van der Waals surface area contributed by atoms with Crippen molar-refractivity contribution in [3.8, 4) is 0 Å². The zero-order valence-electron chi connectivity index (χ0n) is 10.8. The molecule has 0 aromatic carbocycles. The Morgan fingerprint density at radius 2 is 2.42 bits per heavy atom.